The molecular formula is C20H26N5O12P. The summed E-state index contributed by atoms with van der Waals surface area (Å²) in [5.41, 5.74) is 0.408. The average Bonchev–Trinajstić information content (AvgIpc) is 3.43. The molecular weight excluding hydrogens is 533 g/mol. The van der Waals surface area contributed by atoms with Gasteiger partial charge in [-0.2, -0.15) is 0 Å². The first-order valence-corrected chi connectivity index (χ1v) is 12.4. The molecule has 0 unspecified atom stereocenters. The Bertz CT molecular complexity index is 1360. The van der Waals surface area contributed by atoms with E-state index in [4.69, 9.17) is 23.5 Å². The molecule has 17 nitrogen and oxygen atoms in total. The molecule has 2 aromatic heterocycles. The van der Waals surface area contributed by atoms with Crippen LogP contribution in [0.4, 0.5) is 5.82 Å². The van der Waals surface area contributed by atoms with Crippen LogP contribution in [0.15, 0.2) is 12.7 Å². The number of aliphatic hydroxyl groups is 3. The number of fused-ring (bicyclic) bond motifs is 1. The summed E-state index contributed by atoms with van der Waals surface area (Å²) in [7, 11) is -1.50. The first kappa shape index (κ1) is 27.6. The number of aromatic nitrogens is 4. The number of benzene rings is 1. The lowest BCUT2D eigenvalue weighted by Gasteiger charge is -2.21. The lowest BCUT2D eigenvalue weighted by molar-refractivity contribution is -0.0511. The number of phosphoric ester groups is 1. The zero-order valence-corrected chi connectivity index (χ0v) is 21.1. The van der Waals surface area contributed by atoms with Gasteiger partial charge in [-0.1, -0.05) is 0 Å². The molecule has 0 spiro atoms. The Hall–Kier alpha value is -3.44. The number of phenols is 1. The maximum Gasteiger partial charge on any atom is 0.525 e. The van der Waals surface area contributed by atoms with Crippen molar-refractivity contribution < 1.29 is 58.2 Å². The van der Waals surface area contributed by atoms with Crippen LogP contribution in [0, 0.1) is 0 Å². The van der Waals surface area contributed by atoms with Gasteiger partial charge in [-0.15, -0.1) is 0 Å². The van der Waals surface area contributed by atoms with Crippen molar-refractivity contribution in [2.45, 2.75) is 31.1 Å². The van der Waals surface area contributed by atoms with Gasteiger partial charge in [0.25, 0.3) is 0 Å². The Morgan fingerprint density at radius 1 is 1.03 bits per heavy atom. The molecule has 3 aromatic rings. The number of nitrogens with one attached hydrogen (secondary N) is 1. The molecule has 7 N–H and O–H groups in total. The van der Waals surface area contributed by atoms with Crippen LogP contribution in [0.25, 0.3) is 11.2 Å². The number of methoxy groups -OCH3 is 3. The van der Waals surface area contributed by atoms with Crippen molar-refractivity contribution in [3.63, 3.8) is 0 Å². The van der Waals surface area contributed by atoms with E-state index in [0.717, 1.165) is 0 Å². The molecule has 0 amide bonds. The highest BCUT2D eigenvalue weighted by Crippen LogP contribution is 2.56. The summed E-state index contributed by atoms with van der Waals surface area (Å²) < 4.78 is 38.9. The van der Waals surface area contributed by atoms with Crippen LogP contribution in [0.5, 0.6) is 28.7 Å². The monoisotopic (exact) mass is 559 g/mol. The van der Waals surface area contributed by atoms with Crippen molar-refractivity contribution in [1.82, 2.24) is 19.5 Å². The second-order valence-electron chi connectivity index (χ2n) is 7.97. The minimum Gasteiger partial charge on any atom is -0.504 e. The van der Waals surface area contributed by atoms with E-state index in [1.807, 2.05) is 0 Å². The minimum atomic E-state index is -5.08. The fraction of sp³-hybridized carbons (Fsp3) is 0.450. The highest BCUT2D eigenvalue weighted by atomic mass is 31.2. The van der Waals surface area contributed by atoms with Gasteiger partial charge in [0.05, 0.1) is 39.8 Å². The van der Waals surface area contributed by atoms with Crippen molar-refractivity contribution in [3.05, 3.63) is 18.2 Å². The van der Waals surface area contributed by atoms with Gasteiger partial charge in [0.1, 0.15) is 24.6 Å². The zero-order chi connectivity index (χ0) is 27.8. The third-order valence-electron chi connectivity index (χ3n) is 5.80. The Morgan fingerprint density at radius 3 is 2.29 bits per heavy atom. The van der Waals surface area contributed by atoms with Crippen LogP contribution in [0.1, 0.15) is 11.8 Å². The summed E-state index contributed by atoms with van der Waals surface area (Å²) in [6, 6.07) is 0. The van der Waals surface area contributed by atoms with Gasteiger partial charge in [0, 0.05) is 6.54 Å². The van der Waals surface area contributed by atoms with Crippen molar-refractivity contribution in [3.8, 4) is 28.7 Å². The maximum atomic E-state index is 11.6. The number of aliphatic hydroxyl groups excluding tert-OH is 3. The highest BCUT2D eigenvalue weighted by molar-refractivity contribution is 7.46. The Labute approximate surface area is 214 Å². The number of hydrogen-bond acceptors (Lipinski definition) is 14. The number of imidazole rings is 1. The van der Waals surface area contributed by atoms with E-state index in [1.54, 1.807) is 0 Å². The molecule has 0 aliphatic carbocycles. The van der Waals surface area contributed by atoms with Gasteiger partial charge in [0.2, 0.25) is 17.2 Å². The third-order valence-corrected chi connectivity index (χ3v) is 6.22. The van der Waals surface area contributed by atoms with Crippen LogP contribution in [0.2, 0.25) is 0 Å². The maximum absolute atomic E-state index is 11.6. The van der Waals surface area contributed by atoms with Crippen LogP contribution in [0.3, 0.4) is 0 Å². The lowest BCUT2D eigenvalue weighted by Crippen LogP contribution is -2.33. The van der Waals surface area contributed by atoms with E-state index in [9.17, 15) is 34.8 Å². The van der Waals surface area contributed by atoms with Gasteiger partial charge in [-0.3, -0.25) is 14.4 Å². The SMILES string of the molecule is COc1c(O)c(CNc2ncnc3c2ncn3[C@@H]2O[C@H](CO)[C@@H](O)[C@H]2O)c(OC)c(OP(=O)(O)O)c1OC. The highest BCUT2D eigenvalue weighted by Gasteiger charge is 2.44. The molecule has 0 radical (unpaired) electrons. The number of aromatic hydroxyl groups is 1. The van der Waals surface area contributed by atoms with Crippen molar-refractivity contribution in [2.24, 2.45) is 0 Å². The van der Waals surface area contributed by atoms with Crippen molar-refractivity contribution in [1.29, 1.82) is 0 Å². The number of anilines is 1. The number of rotatable bonds is 10. The first-order valence-electron chi connectivity index (χ1n) is 10.9. The summed E-state index contributed by atoms with van der Waals surface area (Å²) >= 11 is 0. The summed E-state index contributed by atoms with van der Waals surface area (Å²) in [5.74, 6) is -1.64. The summed E-state index contributed by atoms with van der Waals surface area (Å²) in [6.45, 7) is -0.743. The molecule has 208 valence electrons. The number of ether oxygens (including phenoxy) is 4. The summed E-state index contributed by atoms with van der Waals surface area (Å²) in [4.78, 5) is 31.4. The normalized spacial score (nSPS) is 21.5. The average molecular weight is 559 g/mol. The van der Waals surface area contributed by atoms with Gasteiger partial charge in [-0.05, 0) is 0 Å². The molecule has 1 saturated heterocycles. The van der Waals surface area contributed by atoms with Gasteiger partial charge < -0.3 is 49.2 Å². The molecule has 1 aliphatic heterocycles. The van der Waals surface area contributed by atoms with Crippen LogP contribution in [-0.4, -0.2) is 96.0 Å². The molecule has 18 heteroatoms. The standard InChI is InChI=1S/C20H26N5O12P/c1-33-14-8(11(27)15(34-2)16(35-3)17(14)37-38(30,31)32)4-21-18-10-19(23-6-22-18)25(7-24-10)20-13(29)12(28)9(5-26)36-20/h6-7,9,12-13,20,26-29H,4-5H2,1-3H3,(H,21,22,23)(H2,30,31,32)/t9-,12-,13-,20-/m1/s1. The molecule has 4 atom stereocenters. The number of hydrogen-bond donors (Lipinski definition) is 7. The third kappa shape index (κ3) is 4.88. The van der Waals surface area contributed by atoms with Crippen LogP contribution < -0.4 is 24.1 Å². The molecule has 1 aliphatic rings. The first-order chi connectivity index (χ1) is 18.1. The van der Waals surface area contributed by atoms with Crippen LogP contribution >= 0.6 is 7.82 Å². The van der Waals surface area contributed by atoms with Crippen LogP contribution in [-0.2, 0) is 15.8 Å². The predicted molar refractivity (Wildman–Crippen MR) is 126 cm³/mol. The molecule has 1 aromatic carbocycles. The number of phenolic OH excluding ortho intramolecular Hbond substituents is 1. The second-order valence-corrected chi connectivity index (χ2v) is 9.13. The molecule has 0 saturated carbocycles. The second kappa shape index (κ2) is 10.7. The fourth-order valence-corrected chi connectivity index (χ4v) is 4.51. The van der Waals surface area contributed by atoms with Crippen molar-refractivity contribution in [2.75, 3.05) is 33.3 Å². The molecule has 3 heterocycles. The van der Waals surface area contributed by atoms with Crippen molar-refractivity contribution >= 4 is 24.8 Å². The number of nitrogens with zero attached hydrogens (tertiary/aromatic N) is 4. The zero-order valence-electron chi connectivity index (χ0n) is 20.2. The largest absolute Gasteiger partial charge is 0.525 e. The number of phosphoric acid groups is 1. The van der Waals surface area contributed by atoms with E-state index < -0.39 is 50.5 Å². The molecule has 4 rings (SSSR count). The summed E-state index contributed by atoms with van der Waals surface area (Å²) in [5, 5.41) is 43.6. The predicted octanol–water partition coefficient (Wildman–Crippen LogP) is -0.747. The van der Waals surface area contributed by atoms with E-state index in [2.05, 4.69) is 20.3 Å². The van der Waals surface area contributed by atoms with E-state index >= 15 is 0 Å². The minimum absolute atomic E-state index is 0.0248. The van der Waals surface area contributed by atoms with E-state index in [0.29, 0.717) is 0 Å². The summed E-state index contributed by atoms with van der Waals surface area (Å²) in [6.07, 6.45) is -2.28. The van der Waals surface area contributed by atoms with Gasteiger partial charge in [-0.25, -0.2) is 19.5 Å². The lowest BCUT2D eigenvalue weighted by atomic mass is 10.1. The Morgan fingerprint density at radius 2 is 1.71 bits per heavy atom. The molecule has 38 heavy (non-hydrogen) atoms. The Balaban J connectivity index is 1.72. The fourth-order valence-electron chi connectivity index (χ4n) is 4.10. The topological polar surface area (TPSA) is 240 Å². The van der Waals surface area contributed by atoms with Gasteiger partial charge in [0.15, 0.2) is 34.7 Å². The van der Waals surface area contributed by atoms with Gasteiger partial charge >= 0.3 is 7.82 Å². The molecule has 1 fully saturated rings. The quantitative estimate of drug-likeness (QED) is 0.151. The van der Waals surface area contributed by atoms with E-state index in [1.165, 1.54) is 38.6 Å². The smallest absolute Gasteiger partial charge is 0.504 e. The van der Waals surface area contributed by atoms with E-state index in [-0.39, 0.29) is 46.3 Å². The Kier molecular flexibility index (Phi) is 7.80. The molecule has 0 bridgehead atoms.